The lowest BCUT2D eigenvalue weighted by Crippen LogP contribution is -2.31. The number of rotatable bonds is 4. The van der Waals surface area contributed by atoms with Gasteiger partial charge in [-0.3, -0.25) is 4.79 Å². The quantitative estimate of drug-likeness (QED) is 0.827. The summed E-state index contributed by atoms with van der Waals surface area (Å²) < 4.78 is 12.6. The molecule has 2 aliphatic heterocycles. The number of nitrogens with zero attached hydrogens (tertiary/aromatic N) is 3. The molecule has 2 aromatic rings. The molecule has 1 aromatic heterocycles. The number of ether oxygens (including phenoxy) is 2. The topological polar surface area (TPSA) is 90.3 Å². The Kier molecular flexibility index (Phi) is 5.86. The van der Waals surface area contributed by atoms with Crippen molar-refractivity contribution in [3.8, 4) is 11.5 Å². The number of fused-ring (bicyclic) bond motifs is 1. The van der Waals surface area contributed by atoms with Gasteiger partial charge in [-0.05, 0) is 57.5 Å². The van der Waals surface area contributed by atoms with Crippen LogP contribution in [0.5, 0.6) is 11.5 Å². The lowest BCUT2D eigenvalue weighted by atomic mass is 10.1. The van der Waals surface area contributed by atoms with Gasteiger partial charge in [-0.15, -0.1) is 17.5 Å². The molecular weight excluding hydrogens is 370 g/mol. The smallest absolute Gasteiger partial charge is 0.274 e. The molecule has 3 heterocycles. The molecule has 4 rings (SSSR count). The first-order valence-electron chi connectivity index (χ1n) is 8.96. The first-order chi connectivity index (χ1) is 12.6. The minimum atomic E-state index is -0.215. The molecule has 2 N–H and O–H groups in total. The van der Waals surface area contributed by atoms with E-state index in [1.165, 1.54) is 0 Å². The Labute approximate surface area is 164 Å². The van der Waals surface area contributed by atoms with Crippen molar-refractivity contribution in [1.82, 2.24) is 25.6 Å². The molecule has 1 atom stereocenters. The number of halogens is 1. The molecule has 1 saturated heterocycles. The molecule has 1 aromatic carbocycles. The third-order valence-electron chi connectivity index (χ3n) is 5.04. The second-order valence-corrected chi connectivity index (χ2v) is 6.76. The maximum atomic E-state index is 12.7. The largest absolute Gasteiger partial charge is 0.454 e. The highest BCUT2D eigenvalue weighted by atomic mass is 35.5. The Hall–Kier alpha value is -2.32. The van der Waals surface area contributed by atoms with Gasteiger partial charge < -0.3 is 20.1 Å². The van der Waals surface area contributed by atoms with Gasteiger partial charge in [-0.25, -0.2) is 4.68 Å². The number of aromatic nitrogens is 3. The minimum Gasteiger partial charge on any atom is -0.454 e. The summed E-state index contributed by atoms with van der Waals surface area (Å²) in [5.74, 6) is 1.22. The zero-order chi connectivity index (χ0) is 18.1. The molecule has 0 saturated carbocycles. The third kappa shape index (κ3) is 3.86. The molecule has 0 aliphatic carbocycles. The summed E-state index contributed by atoms with van der Waals surface area (Å²) in [5, 5.41) is 14.7. The van der Waals surface area contributed by atoms with Crippen molar-refractivity contribution in [2.75, 3.05) is 19.9 Å². The lowest BCUT2D eigenvalue weighted by molar-refractivity contribution is 0.0934. The number of nitrogens with one attached hydrogen (secondary N) is 2. The van der Waals surface area contributed by atoms with Crippen LogP contribution in [-0.2, 0) is 0 Å². The molecule has 146 valence electrons. The van der Waals surface area contributed by atoms with Crippen LogP contribution in [0.1, 0.15) is 53.6 Å². The standard InChI is InChI=1S/C18H23N5O3.ClH/c1-11(13-3-4-15-16(9-13)26-10-25-15)20-18(24)17-12(2)23(22-21-17)14-5-7-19-8-6-14;/h3-4,9,11,14,19H,5-8,10H2,1-2H3,(H,20,24);1H. The van der Waals surface area contributed by atoms with E-state index in [4.69, 9.17) is 9.47 Å². The monoisotopic (exact) mass is 393 g/mol. The predicted molar refractivity (Wildman–Crippen MR) is 102 cm³/mol. The van der Waals surface area contributed by atoms with Crippen LogP contribution in [0.4, 0.5) is 0 Å². The summed E-state index contributed by atoms with van der Waals surface area (Å²) in [7, 11) is 0. The van der Waals surface area contributed by atoms with E-state index < -0.39 is 0 Å². The molecule has 27 heavy (non-hydrogen) atoms. The Bertz CT molecular complexity index is 819. The second kappa shape index (κ2) is 8.14. The van der Waals surface area contributed by atoms with Gasteiger partial charge in [-0.2, -0.15) is 0 Å². The molecule has 0 spiro atoms. The number of carbonyl (C=O) groups excluding carboxylic acids is 1. The van der Waals surface area contributed by atoms with Crippen LogP contribution >= 0.6 is 12.4 Å². The van der Waals surface area contributed by atoms with Crippen molar-refractivity contribution in [1.29, 1.82) is 0 Å². The SMILES string of the molecule is Cc1c(C(=O)NC(C)c2ccc3c(c2)OCO3)nnn1C1CCNCC1.Cl. The van der Waals surface area contributed by atoms with Crippen molar-refractivity contribution in [3.63, 3.8) is 0 Å². The molecule has 0 radical (unpaired) electrons. The fourth-order valence-electron chi connectivity index (χ4n) is 3.48. The van der Waals surface area contributed by atoms with Crippen molar-refractivity contribution >= 4 is 18.3 Å². The average Bonchev–Trinajstić information content (AvgIpc) is 3.28. The molecule has 9 heteroatoms. The first-order valence-corrected chi connectivity index (χ1v) is 8.96. The van der Waals surface area contributed by atoms with Crippen LogP contribution < -0.4 is 20.1 Å². The van der Waals surface area contributed by atoms with E-state index in [2.05, 4.69) is 20.9 Å². The molecule has 1 amide bonds. The van der Waals surface area contributed by atoms with Crippen molar-refractivity contribution in [3.05, 3.63) is 35.2 Å². The van der Waals surface area contributed by atoms with E-state index in [0.29, 0.717) is 17.5 Å². The Balaban J connectivity index is 0.00000210. The normalized spacial score (nSPS) is 17.3. The van der Waals surface area contributed by atoms with Gasteiger partial charge in [0.25, 0.3) is 5.91 Å². The van der Waals surface area contributed by atoms with Gasteiger partial charge in [0.05, 0.1) is 17.8 Å². The summed E-state index contributed by atoms with van der Waals surface area (Å²) in [6, 6.07) is 5.80. The maximum absolute atomic E-state index is 12.7. The van der Waals surface area contributed by atoms with Crippen LogP contribution in [0.3, 0.4) is 0 Å². The predicted octanol–water partition coefficient (Wildman–Crippen LogP) is 2.15. The lowest BCUT2D eigenvalue weighted by Gasteiger charge is -2.23. The van der Waals surface area contributed by atoms with Crippen molar-refractivity contribution < 1.29 is 14.3 Å². The Morgan fingerprint density at radius 1 is 1.30 bits per heavy atom. The van der Waals surface area contributed by atoms with Gasteiger partial charge in [0.2, 0.25) is 6.79 Å². The van der Waals surface area contributed by atoms with Crippen molar-refractivity contribution in [2.45, 2.75) is 38.8 Å². The van der Waals surface area contributed by atoms with E-state index >= 15 is 0 Å². The first kappa shape index (κ1) is 19.4. The van der Waals surface area contributed by atoms with Gasteiger partial charge in [-0.1, -0.05) is 11.3 Å². The Morgan fingerprint density at radius 3 is 2.81 bits per heavy atom. The highest BCUT2D eigenvalue weighted by molar-refractivity contribution is 5.93. The van der Waals surface area contributed by atoms with Gasteiger partial charge in [0, 0.05) is 0 Å². The van der Waals surface area contributed by atoms with Crippen LogP contribution in [-0.4, -0.2) is 40.8 Å². The molecule has 0 bridgehead atoms. The van der Waals surface area contributed by atoms with Crippen LogP contribution in [0.15, 0.2) is 18.2 Å². The third-order valence-corrected chi connectivity index (χ3v) is 5.04. The number of piperidine rings is 1. The summed E-state index contributed by atoms with van der Waals surface area (Å²) in [6.07, 6.45) is 2.00. The van der Waals surface area contributed by atoms with E-state index in [-0.39, 0.29) is 31.1 Å². The van der Waals surface area contributed by atoms with Gasteiger partial charge >= 0.3 is 0 Å². The second-order valence-electron chi connectivity index (χ2n) is 6.76. The zero-order valence-corrected chi connectivity index (χ0v) is 16.2. The fourth-order valence-corrected chi connectivity index (χ4v) is 3.48. The fraction of sp³-hybridized carbons (Fsp3) is 0.500. The molecule has 1 unspecified atom stereocenters. The summed E-state index contributed by atoms with van der Waals surface area (Å²) in [5.41, 5.74) is 2.15. The van der Waals surface area contributed by atoms with Crippen LogP contribution in [0, 0.1) is 6.92 Å². The highest BCUT2D eigenvalue weighted by Crippen LogP contribution is 2.34. The zero-order valence-electron chi connectivity index (χ0n) is 15.4. The summed E-state index contributed by atoms with van der Waals surface area (Å²) in [6.45, 7) is 6.00. The molecule has 1 fully saturated rings. The van der Waals surface area contributed by atoms with Gasteiger partial charge in [0.15, 0.2) is 17.2 Å². The number of benzene rings is 1. The van der Waals surface area contributed by atoms with E-state index in [0.717, 1.165) is 42.9 Å². The number of amides is 1. The molecule has 2 aliphatic rings. The number of hydrogen-bond donors (Lipinski definition) is 2. The number of hydrogen-bond acceptors (Lipinski definition) is 6. The minimum absolute atomic E-state index is 0. The van der Waals surface area contributed by atoms with E-state index in [1.54, 1.807) is 0 Å². The van der Waals surface area contributed by atoms with Crippen LogP contribution in [0.25, 0.3) is 0 Å². The molecule has 8 nitrogen and oxygen atoms in total. The Morgan fingerprint density at radius 2 is 2.04 bits per heavy atom. The van der Waals surface area contributed by atoms with Gasteiger partial charge in [0.1, 0.15) is 0 Å². The van der Waals surface area contributed by atoms with E-state index in [9.17, 15) is 4.79 Å². The maximum Gasteiger partial charge on any atom is 0.274 e. The summed E-state index contributed by atoms with van der Waals surface area (Å²) >= 11 is 0. The highest BCUT2D eigenvalue weighted by Gasteiger charge is 2.24. The average molecular weight is 394 g/mol. The summed E-state index contributed by atoms with van der Waals surface area (Å²) in [4.78, 5) is 12.7. The van der Waals surface area contributed by atoms with Crippen molar-refractivity contribution in [2.24, 2.45) is 0 Å². The molecular formula is C18H24ClN5O3. The van der Waals surface area contributed by atoms with Crippen LogP contribution in [0.2, 0.25) is 0 Å². The van der Waals surface area contributed by atoms with E-state index in [1.807, 2.05) is 36.7 Å². The number of carbonyl (C=O) groups is 1.